The van der Waals surface area contributed by atoms with Gasteiger partial charge in [-0.15, -0.1) is 0 Å². The molecule has 0 fully saturated rings. The van der Waals surface area contributed by atoms with Crippen molar-refractivity contribution in [3.63, 3.8) is 0 Å². The van der Waals surface area contributed by atoms with E-state index in [2.05, 4.69) is 19.9 Å². The lowest BCUT2D eigenvalue weighted by Crippen LogP contribution is -2.23. The maximum absolute atomic E-state index is 9.19. The van der Waals surface area contributed by atoms with Gasteiger partial charge in [0, 0.05) is 42.0 Å². The molecule has 140 valence electrons. The normalized spacial score (nSPS) is 16.0. The zero-order valence-corrected chi connectivity index (χ0v) is 16.0. The zero-order chi connectivity index (χ0) is 18.8. The summed E-state index contributed by atoms with van der Waals surface area (Å²) in [6.07, 6.45) is 3.34. The molecule has 0 amide bonds. The van der Waals surface area contributed by atoms with Gasteiger partial charge in [0.1, 0.15) is 16.7 Å². The van der Waals surface area contributed by atoms with Gasteiger partial charge < -0.3 is 20.5 Å². The van der Waals surface area contributed by atoms with Gasteiger partial charge in [0.15, 0.2) is 0 Å². The van der Waals surface area contributed by atoms with Crippen molar-refractivity contribution in [3.05, 3.63) is 33.7 Å². The Morgan fingerprint density at radius 3 is 2.85 bits per heavy atom. The first-order valence-corrected chi connectivity index (χ1v) is 9.01. The molecule has 0 aromatic carbocycles. The second-order valence-corrected chi connectivity index (χ2v) is 6.96. The smallest absolute Gasteiger partial charge is 0.223 e. The molecule has 1 unspecified atom stereocenters. The fourth-order valence-electron chi connectivity index (χ4n) is 3.61. The fraction of sp³-hybridized carbons (Fsp3) is 0.500. The molecular formula is C18H24ClN5O2. The molecule has 1 aliphatic heterocycles. The molecule has 1 atom stereocenters. The SMILES string of the molecule is COc1c(C)cnc(CN2CC(CCCO)c3c(Cl)nc(N)nc32)c1C. The van der Waals surface area contributed by atoms with Gasteiger partial charge in [-0.1, -0.05) is 11.6 Å². The fourth-order valence-corrected chi connectivity index (χ4v) is 3.93. The Morgan fingerprint density at radius 2 is 2.15 bits per heavy atom. The van der Waals surface area contributed by atoms with Crippen LogP contribution >= 0.6 is 11.6 Å². The molecule has 0 spiro atoms. The highest BCUT2D eigenvalue weighted by molar-refractivity contribution is 6.30. The average molecular weight is 378 g/mol. The van der Waals surface area contributed by atoms with Crippen LogP contribution in [0.25, 0.3) is 0 Å². The summed E-state index contributed by atoms with van der Waals surface area (Å²) in [6, 6.07) is 0. The van der Waals surface area contributed by atoms with Crippen molar-refractivity contribution in [1.82, 2.24) is 15.0 Å². The summed E-state index contributed by atoms with van der Waals surface area (Å²) < 4.78 is 5.51. The van der Waals surface area contributed by atoms with Crippen molar-refractivity contribution in [2.24, 2.45) is 0 Å². The monoisotopic (exact) mass is 377 g/mol. The Bertz CT molecular complexity index is 815. The van der Waals surface area contributed by atoms with Crippen molar-refractivity contribution in [1.29, 1.82) is 0 Å². The lowest BCUT2D eigenvalue weighted by atomic mass is 9.99. The number of hydrogen-bond acceptors (Lipinski definition) is 7. The molecule has 26 heavy (non-hydrogen) atoms. The van der Waals surface area contributed by atoms with Crippen LogP contribution in [0.2, 0.25) is 5.15 Å². The number of aliphatic hydroxyl groups excluding tert-OH is 1. The Balaban J connectivity index is 1.95. The number of ether oxygens (including phenoxy) is 1. The topological polar surface area (TPSA) is 97.4 Å². The Labute approximate surface area is 158 Å². The first-order valence-electron chi connectivity index (χ1n) is 8.64. The van der Waals surface area contributed by atoms with Gasteiger partial charge in [-0.3, -0.25) is 4.98 Å². The van der Waals surface area contributed by atoms with Crippen LogP contribution in [0, 0.1) is 13.8 Å². The number of anilines is 2. The van der Waals surface area contributed by atoms with E-state index in [4.69, 9.17) is 22.1 Å². The minimum atomic E-state index is 0.148. The van der Waals surface area contributed by atoms with Gasteiger partial charge in [0.05, 0.1) is 19.3 Å². The first-order chi connectivity index (χ1) is 12.5. The molecule has 0 aliphatic carbocycles. The van der Waals surface area contributed by atoms with Crippen LogP contribution in [-0.2, 0) is 6.54 Å². The molecule has 3 rings (SSSR count). The largest absolute Gasteiger partial charge is 0.496 e. The number of methoxy groups -OCH3 is 1. The standard InChI is InChI=1S/C18H24ClN5O2/c1-10-7-21-13(11(2)15(10)26-3)9-24-8-12(5-4-6-25)14-16(19)22-18(20)23-17(14)24/h7,12,25H,4-6,8-9H2,1-3H3,(H2,20,22,23). The number of aryl methyl sites for hydroxylation is 1. The summed E-state index contributed by atoms with van der Waals surface area (Å²) in [5, 5.41) is 9.58. The molecule has 2 aromatic heterocycles. The lowest BCUT2D eigenvalue weighted by molar-refractivity contribution is 0.280. The molecule has 0 radical (unpaired) electrons. The summed E-state index contributed by atoms with van der Waals surface area (Å²) in [4.78, 5) is 15.3. The third-order valence-corrected chi connectivity index (χ3v) is 5.13. The first kappa shape index (κ1) is 18.7. The van der Waals surface area contributed by atoms with E-state index < -0.39 is 0 Å². The van der Waals surface area contributed by atoms with E-state index in [1.165, 1.54) is 0 Å². The highest BCUT2D eigenvalue weighted by Crippen LogP contribution is 2.42. The van der Waals surface area contributed by atoms with Crippen LogP contribution in [0.4, 0.5) is 11.8 Å². The molecule has 1 aliphatic rings. The maximum Gasteiger partial charge on any atom is 0.223 e. The van der Waals surface area contributed by atoms with Crippen molar-refractivity contribution in [2.75, 3.05) is 30.9 Å². The number of pyridine rings is 1. The minimum absolute atomic E-state index is 0.148. The highest BCUT2D eigenvalue weighted by Gasteiger charge is 2.33. The van der Waals surface area contributed by atoms with Gasteiger partial charge in [-0.05, 0) is 26.7 Å². The van der Waals surface area contributed by atoms with Gasteiger partial charge in [-0.2, -0.15) is 4.98 Å². The number of hydrogen-bond donors (Lipinski definition) is 2. The van der Waals surface area contributed by atoms with Gasteiger partial charge in [-0.25, -0.2) is 4.98 Å². The van der Waals surface area contributed by atoms with Crippen LogP contribution < -0.4 is 15.4 Å². The molecule has 0 bridgehead atoms. The number of nitrogens with zero attached hydrogens (tertiary/aromatic N) is 4. The van der Waals surface area contributed by atoms with E-state index in [-0.39, 0.29) is 18.5 Å². The molecule has 2 aromatic rings. The summed E-state index contributed by atoms with van der Waals surface area (Å²) in [7, 11) is 1.67. The predicted molar refractivity (Wildman–Crippen MR) is 102 cm³/mol. The number of nitrogen functional groups attached to an aromatic ring is 1. The lowest BCUT2D eigenvalue weighted by Gasteiger charge is -2.21. The predicted octanol–water partition coefficient (Wildman–Crippen LogP) is 2.61. The molecule has 3 heterocycles. The van der Waals surface area contributed by atoms with Crippen molar-refractivity contribution in [3.8, 4) is 5.75 Å². The quantitative estimate of drug-likeness (QED) is 0.746. The van der Waals surface area contributed by atoms with E-state index in [9.17, 15) is 5.11 Å². The van der Waals surface area contributed by atoms with E-state index >= 15 is 0 Å². The third-order valence-electron chi connectivity index (χ3n) is 4.85. The van der Waals surface area contributed by atoms with Crippen LogP contribution in [0.15, 0.2) is 6.20 Å². The molecule has 3 N–H and O–H groups in total. The van der Waals surface area contributed by atoms with Crippen molar-refractivity contribution in [2.45, 2.75) is 39.2 Å². The van der Waals surface area contributed by atoms with Crippen LogP contribution in [-0.4, -0.2) is 40.3 Å². The highest BCUT2D eigenvalue weighted by atomic mass is 35.5. The summed E-state index contributed by atoms with van der Waals surface area (Å²) in [6.45, 7) is 5.46. The van der Waals surface area contributed by atoms with Gasteiger partial charge >= 0.3 is 0 Å². The Morgan fingerprint density at radius 1 is 1.38 bits per heavy atom. The van der Waals surface area contributed by atoms with Crippen molar-refractivity contribution < 1.29 is 9.84 Å². The average Bonchev–Trinajstić information content (AvgIpc) is 2.93. The minimum Gasteiger partial charge on any atom is -0.496 e. The van der Waals surface area contributed by atoms with Crippen LogP contribution in [0.1, 0.15) is 41.1 Å². The summed E-state index contributed by atoms with van der Waals surface area (Å²) in [5.74, 6) is 1.93. The van der Waals surface area contributed by atoms with E-state index in [1.807, 2.05) is 20.0 Å². The van der Waals surface area contributed by atoms with Crippen molar-refractivity contribution >= 4 is 23.4 Å². The number of nitrogens with two attached hydrogens (primary N) is 1. The summed E-state index contributed by atoms with van der Waals surface area (Å²) >= 11 is 6.36. The molecule has 0 saturated heterocycles. The van der Waals surface area contributed by atoms with E-state index in [0.717, 1.165) is 46.9 Å². The number of halogens is 1. The van der Waals surface area contributed by atoms with E-state index in [1.54, 1.807) is 7.11 Å². The van der Waals surface area contributed by atoms with E-state index in [0.29, 0.717) is 18.1 Å². The maximum atomic E-state index is 9.19. The number of aromatic nitrogens is 3. The number of rotatable bonds is 6. The molecule has 8 heteroatoms. The molecule has 0 saturated carbocycles. The Kier molecular flexibility index (Phi) is 5.48. The van der Waals surface area contributed by atoms with Gasteiger partial charge in [0.2, 0.25) is 5.95 Å². The van der Waals surface area contributed by atoms with Crippen LogP contribution in [0.5, 0.6) is 5.75 Å². The third kappa shape index (κ3) is 3.41. The number of fused-ring (bicyclic) bond motifs is 1. The second-order valence-electron chi connectivity index (χ2n) is 6.60. The second kappa shape index (κ2) is 7.63. The molecule has 7 nitrogen and oxygen atoms in total. The van der Waals surface area contributed by atoms with Crippen LogP contribution in [0.3, 0.4) is 0 Å². The number of aliphatic hydroxyl groups is 1. The zero-order valence-electron chi connectivity index (χ0n) is 15.3. The Hall–Kier alpha value is -2.12. The molecular weight excluding hydrogens is 354 g/mol. The summed E-state index contributed by atoms with van der Waals surface area (Å²) in [5.41, 5.74) is 9.67. The van der Waals surface area contributed by atoms with Gasteiger partial charge in [0.25, 0.3) is 0 Å².